The Bertz CT molecular complexity index is 2490. The van der Waals surface area contributed by atoms with Gasteiger partial charge in [0, 0.05) is 23.4 Å². The van der Waals surface area contributed by atoms with Gasteiger partial charge in [0.25, 0.3) is 11.8 Å². The van der Waals surface area contributed by atoms with Crippen molar-refractivity contribution >= 4 is 86.2 Å². The molecule has 4 aliphatic rings. The molecule has 4 aromatic rings. The number of nitrogens with one attached hydrogen (secondary N) is 2. The van der Waals surface area contributed by atoms with Gasteiger partial charge in [0.1, 0.15) is 23.8 Å². The first-order valence-electron chi connectivity index (χ1n) is 20.4. The van der Waals surface area contributed by atoms with Crippen molar-refractivity contribution in [3.8, 4) is 0 Å². The van der Waals surface area contributed by atoms with E-state index in [0.29, 0.717) is 28.6 Å². The predicted molar refractivity (Wildman–Crippen MR) is 248 cm³/mol. The Kier molecular flexibility index (Phi) is 13.0. The monoisotopic (exact) mass is 854 g/mol. The van der Waals surface area contributed by atoms with E-state index < -0.39 is 17.3 Å². The van der Waals surface area contributed by atoms with E-state index in [1.807, 2.05) is 140 Å². The third-order valence-corrected chi connectivity index (χ3v) is 12.3. The minimum Gasteiger partial charge on any atom is -0.351 e. The molecule has 2 N–H and O–H groups in total. The van der Waals surface area contributed by atoms with E-state index in [1.54, 1.807) is 9.80 Å². The smallest absolute Gasteiger partial charge is 0.259 e. The Morgan fingerprint density at radius 3 is 1.72 bits per heavy atom. The predicted octanol–water partition coefficient (Wildman–Crippen LogP) is 8.34. The van der Waals surface area contributed by atoms with Crippen LogP contribution >= 0.6 is 23.5 Å². The maximum absolute atomic E-state index is 13.1. The summed E-state index contributed by atoms with van der Waals surface area (Å²) in [6.07, 6.45) is 0. The fourth-order valence-corrected chi connectivity index (χ4v) is 8.95. The molecule has 4 aromatic carbocycles. The normalized spacial score (nSPS) is 17.9. The van der Waals surface area contributed by atoms with E-state index in [9.17, 15) is 19.2 Å². The van der Waals surface area contributed by atoms with Gasteiger partial charge in [0.15, 0.2) is 10.3 Å². The number of rotatable bonds is 9. The molecule has 4 heterocycles. The fraction of sp³-hybridized carbons (Fsp3) is 0.319. The lowest BCUT2D eigenvalue weighted by molar-refractivity contribution is -0.126. The van der Waals surface area contributed by atoms with Crippen molar-refractivity contribution in [2.75, 3.05) is 11.1 Å². The molecule has 314 valence electrons. The minimum atomic E-state index is -0.433. The van der Waals surface area contributed by atoms with Gasteiger partial charge in [-0.2, -0.15) is 0 Å². The summed E-state index contributed by atoms with van der Waals surface area (Å²) in [7, 11) is 0. The van der Waals surface area contributed by atoms with Gasteiger partial charge in [0.2, 0.25) is 11.8 Å². The Balaban J connectivity index is 0.000000184. The lowest BCUT2D eigenvalue weighted by atomic mass is 10.1. The molecule has 3 atom stereocenters. The largest absolute Gasteiger partial charge is 0.351 e. The highest BCUT2D eigenvalue weighted by atomic mass is 32.2. The van der Waals surface area contributed by atoms with Crippen molar-refractivity contribution in [1.82, 2.24) is 15.1 Å². The first-order valence-corrected chi connectivity index (χ1v) is 22.3. The number of aryl methyl sites for hydroxylation is 3. The van der Waals surface area contributed by atoms with Gasteiger partial charge in [-0.1, -0.05) is 111 Å². The van der Waals surface area contributed by atoms with E-state index in [4.69, 9.17) is 15.0 Å². The topological polar surface area (TPSA) is 148 Å². The fourth-order valence-electron chi connectivity index (χ4n) is 7.21. The van der Waals surface area contributed by atoms with Gasteiger partial charge < -0.3 is 10.6 Å². The number of thioether (sulfide) groups is 2. The van der Waals surface area contributed by atoms with Crippen LogP contribution in [0.4, 0.5) is 17.1 Å². The van der Waals surface area contributed by atoms with E-state index in [1.165, 1.54) is 29.1 Å². The molecule has 4 amide bonds. The van der Waals surface area contributed by atoms with Gasteiger partial charge >= 0.3 is 0 Å². The number of amidine groups is 4. The molecule has 61 heavy (non-hydrogen) atoms. The summed E-state index contributed by atoms with van der Waals surface area (Å²) >= 11 is 2.54. The highest BCUT2D eigenvalue weighted by molar-refractivity contribution is 8.15. The van der Waals surface area contributed by atoms with Crippen LogP contribution in [0.1, 0.15) is 68.0 Å². The van der Waals surface area contributed by atoms with Crippen molar-refractivity contribution in [1.29, 1.82) is 0 Å². The maximum atomic E-state index is 13.1. The van der Waals surface area contributed by atoms with Crippen LogP contribution in [0.25, 0.3) is 0 Å². The molecule has 0 aliphatic carbocycles. The summed E-state index contributed by atoms with van der Waals surface area (Å²) in [6.45, 7) is 16.3. The molecule has 8 rings (SSSR count). The van der Waals surface area contributed by atoms with Gasteiger partial charge in [-0.3, -0.25) is 29.2 Å². The number of hydrogen-bond acceptors (Lipinski definition) is 10. The molecule has 0 aromatic heterocycles. The number of aliphatic imine (C=N–C) groups is 4. The number of fused-ring (bicyclic) bond motifs is 6. The van der Waals surface area contributed by atoms with Crippen LogP contribution in [0.5, 0.6) is 0 Å². The van der Waals surface area contributed by atoms with Gasteiger partial charge in [0.05, 0.1) is 22.4 Å². The Morgan fingerprint density at radius 2 is 1.18 bits per heavy atom. The standard InChI is InChI=1S/C24H26N4O2S.C23H24N4O2S/c1-14(2)20-23(30)28-21(27-20)18-7-5-6-8-19(18)26-24(28)31-16(4)22(29)25-13-17-11-9-15(3)10-12-17;1-13(2)20-22(29)27-21(26-20)17-7-5-6-8-18(17)25-23(27)30-12-19(28)24-16-10-14(3)9-15(4)11-16/h5-12,14,16,20H,13H2,1-4H3,(H,25,29);5-11,13,20H,12H2,1-4H3,(H,24,28). The van der Waals surface area contributed by atoms with E-state index in [0.717, 1.165) is 44.9 Å². The number of para-hydroxylation sites is 2. The SMILES string of the molecule is Cc1cc(C)cc(NC(=O)CSC2=Nc3ccccc3C3=NC(C(C)C)C(=O)N23)c1.Cc1ccc(CNC(=O)C(C)SC2=Nc3ccccc3C3=NC(C(C)C)C(=O)N23)cc1. The Labute approximate surface area is 365 Å². The highest BCUT2D eigenvalue weighted by Gasteiger charge is 2.44. The van der Waals surface area contributed by atoms with E-state index in [-0.39, 0.29) is 41.2 Å². The molecular weight excluding hydrogens is 805 g/mol. The van der Waals surface area contributed by atoms with Crippen LogP contribution in [-0.2, 0) is 25.7 Å². The van der Waals surface area contributed by atoms with Gasteiger partial charge in [-0.15, -0.1) is 0 Å². The molecule has 0 bridgehead atoms. The number of nitrogens with zero attached hydrogens (tertiary/aromatic N) is 6. The summed E-state index contributed by atoms with van der Waals surface area (Å²) in [4.78, 5) is 73.3. The minimum absolute atomic E-state index is 0.0826. The quantitative estimate of drug-likeness (QED) is 0.173. The molecule has 0 saturated heterocycles. The van der Waals surface area contributed by atoms with Crippen molar-refractivity contribution in [3.63, 3.8) is 0 Å². The number of carbonyl (C=O) groups is 4. The molecule has 14 heteroatoms. The average molecular weight is 855 g/mol. The van der Waals surface area contributed by atoms with E-state index >= 15 is 0 Å². The van der Waals surface area contributed by atoms with Crippen LogP contribution in [0, 0.1) is 32.6 Å². The van der Waals surface area contributed by atoms with Crippen molar-refractivity contribution in [2.45, 2.75) is 79.3 Å². The average Bonchev–Trinajstić information content (AvgIpc) is 3.77. The Hall–Kier alpha value is -5.86. The summed E-state index contributed by atoms with van der Waals surface area (Å²) in [5.74, 6) is 1.16. The molecular formula is C47H50N8O4S2. The second-order valence-electron chi connectivity index (χ2n) is 16.1. The van der Waals surface area contributed by atoms with Crippen LogP contribution in [0.3, 0.4) is 0 Å². The van der Waals surface area contributed by atoms with Crippen LogP contribution < -0.4 is 10.6 Å². The van der Waals surface area contributed by atoms with E-state index in [2.05, 4.69) is 21.7 Å². The van der Waals surface area contributed by atoms with Crippen LogP contribution in [0.15, 0.2) is 111 Å². The summed E-state index contributed by atoms with van der Waals surface area (Å²) < 4.78 is 0. The maximum Gasteiger partial charge on any atom is 0.259 e. The number of hydrogen-bond donors (Lipinski definition) is 2. The Morgan fingerprint density at radius 1 is 0.672 bits per heavy atom. The lowest BCUT2D eigenvalue weighted by Crippen LogP contribution is -2.43. The van der Waals surface area contributed by atoms with Crippen molar-refractivity contribution < 1.29 is 19.2 Å². The molecule has 0 saturated carbocycles. The molecule has 3 unspecified atom stereocenters. The summed E-state index contributed by atoms with van der Waals surface area (Å²) in [5, 5.41) is 6.49. The lowest BCUT2D eigenvalue weighted by Gasteiger charge is -2.27. The molecule has 0 spiro atoms. The molecule has 4 aliphatic heterocycles. The molecule has 0 fully saturated rings. The number of carbonyl (C=O) groups excluding carboxylic acids is 4. The summed E-state index contributed by atoms with van der Waals surface area (Å²) in [6, 6.07) is 28.5. The molecule has 12 nitrogen and oxygen atoms in total. The van der Waals surface area contributed by atoms with Gasteiger partial charge in [-0.25, -0.2) is 19.8 Å². The zero-order valence-electron chi connectivity index (χ0n) is 35.6. The third kappa shape index (κ3) is 9.55. The van der Waals surface area contributed by atoms with Crippen LogP contribution in [-0.4, -0.2) is 78.5 Å². The van der Waals surface area contributed by atoms with Crippen molar-refractivity contribution in [2.24, 2.45) is 31.8 Å². The number of amides is 4. The second kappa shape index (κ2) is 18.4. The zero-order chi connectivity index (χ0) is 43.5. The first-order chi connectivity index (χ1) is 29.2. The number of benzene rings is 4. The third-order valence-electron chi connectivity index (χ3n) is 10.3. The molecule has 0 radical (unpaired) electrons. The van der Waals surface area contributed by atoms with Gasteiger partial charge in [-0.05, 0) is 92.6 Å². The summed E-state index contributed by atoms with van der Waals surface area (Å²) in [5.41, 5.74) is 8.41. The zero-order valence-corrected chi connectivity index (χ0v) is 37.2. The second-order valence-corrected chi connectivity index (χ2v) is 18.4. The first kappa shape index (κ1) is 43.2. The highest BCUT2D eigenvalue weighted by Crippen LogP contribution is 2.37. The van der Waals surface area contributed by atoms with Crippen LogP contribution in [0.2, 0.25) is 0 Å². The number of anilines is 1. The van der Waals surface area contributed by atoms with Crippen molar-refractivity contribution in [3.05, 3.63) is 124 Å².